The first-order valence-corrected chi connectivity index (χ1v) is 15.1. The highest BCUT2D eigenvalue weighted by Crippen LogP contribution is 2.18. The van der Waals surface area contributed by atoms with E-state index in [1.54, 1.807) is 0 Å². The van der Waals surface area contributed by atoms with Gasteiger partial charge >= 0.3 is 0 Å². The van der Waals surface area contributed by atoms with Gasteiger partial charge in [0, 0.05) is 25.5 Å². The molecule has 1 aromatic heterocycles. The van der Waals surface area contributed by atoms with Crippen LogP contribution in [-0.2, 0) is 11.5 Å². The van der Waals surface area contributed by atoms with Gasteiger partial charge in [0.1, 0.15) is 6.73 Å². The maximum Gasteiger partial charge on any atom is 0.122 e. The van der Waals surface area contributed by atoms with Crippen LogP contribution in [0.25, 0.3) is 10.9 Å². The highest BCUT2D eigenvalue weighted by atomic mass is 28.3. The second kappa shape index (κ2) is 6.11. The monoisotopic (exact) mass is 319 g/mol. The molecule has 0 atom stereocenters. The molecule has 0 fully saturated rings. The smallest absolute Gasteiger partial charge is 0.122 e. The van der Waals surface area contributed by atoms with Crippen molar-refractivity contribution in [2.45, 2.75) is 52.1 Å². The van der Waals surface area contributed by atoms with E-state index in [9.17, 15) is 0 Å². The molecule has 0 unspecified atom stereocenters. The number of para-hydroxylation sites is 1. The van der Waals surface area contributed by atoms with Crippen molar-refractivity contribution in [3.05, 3.63) is 30.3 Å². The van der Waals surface area contributed by atoms with Crippen molar-refractivity contribution < 1.29 is 4.74 Å². The van der Waals surface area contributed by atoms with Crippen LogP contribution in [-0.4, -0.2) is 27.3 Å². The van der Waals surface area contributed by atoms with Gasteiger partial charge in [-0.15, -0.1) is 0 Å². The lowest BCUT2D eigenvalue weighted by Crippen LogP contribution is -2.43. The molecule has 0 saturated heterocycles. The van der Waals surface area contributed by atoms with Gasteiger partial charge in [-0.25, -0.2) is 0 Å². The number of hydrogen-bond donors (Lipinski definition) is 0. The topological polar surface area (TPSA) is 14.2 Å². The van der Waals surface area contributed by atoms with Crippen LogP contribution in [0.1, 0.15) is 0 Å². The molecule has 1 aromatic carbocycles. The van der Waals surface area contributed by atoms with E-state index >= 15 is 0 Å². The molecule has 0 spiro atoms. The molecule has 2 nitrogen and oxygen atoms in total. The molecule has 21 heavy (non-hydrogen) atoms. The van der Waals surface area contributed by atoms with Gasteiger partial charge in [-0.1, -0.05) is 57.5 Å². The first kappa shape index (κ1) is 16.5. The molecule has 0 aliphatic heterocycles. The second-order valence-electron chi connectivity index (χ2n) is 8.11. The van der Waals surface area contributed by atoms with E-state index < -0.39 is 16.1 Å². The van der Waals surface area contributed by atoms with Gasteiger partial charge in [0.15, 0.2) is 0 Å². The van der Waals surface area contributed by atoms with Crippen LogP contribution in [0.4, 0.5) is 0 Å². The van der Waals surface area contributed by atoms with E-state index in [2.05, 4.69) is 74.2 Å². The molecular formula is C17H29NOSi2. The van der Waals surface area contributed by atoms with Crippen LogP contribution in [0.5, 0.6) is 0 Å². The van der Waals surface area contributed by atoms with Crippen LogP contribution >= 0.6 is 0 Å². The van der Waals surface area contributed by atoms with E-state index in [0.717, 1.165) is 6.61 Å². The highest BCUT2D eigenvalue weighted by molar-refractivity contribution is 6.88. The lowest BCUT2D eigenvalue weighted by atomic mass is 10.2. The summed E-state index contributed by atoms with van der Waals surface area (Å²) in [5.41, 5.74) is 1.31. The van der Waals surface area contributed by atoms with Crippen LogP contribution in [0.2, 0.25) is 45.3 Å². The lowest BCUT2D eigenvalue weighted by Gasteiger charge is -2.21. The summed E-state index contributed by atoms with van der Waals surface area (Å²) in [6.45, 7) is 16.0. The van der Waals surface area contributed by atoms with Gasteiger partial charge in [0.25, 0.3) is 0 Å². The maximum absolute atomic E-state index is 6.02. The summed E-state index contributed by atoms with van der Waals surface area (Å²) in [5, 5.41) is 2.82. The van der Waals surface area contributed by atoms with E-state index in [1.807, 2.05) is 0 Å². The number of ether oxygens (including phenoxy) is 1. The average Bonchev–Trinajstić information content (AvgIpc) is 2.72. The first-order valence-electron chi connectivity index (χ1n) is 7.85. The van der Waals surface area contributed by atoms with Crippen molar-refractivity contribution in [1.82, 2.24) is 4.57 Å². The summed E-state index contributed by atoms with van der Waals surface area (Å²) >= 11 is 0. The van der Waals surface area contributed by atoms with Gasteiger partial charge in [-0.05, 0) is 23.6 Å². The summed E-state index contributed by atoms with van der Waals surface area (Å²) in [7, 11) is -2.37. The first-order chi connectivity index (χ1) is 9.68. The Morgan fingerprint density at radius 2 is 1.67 bits per heavy atom. The normalized spacial score (nSPS) is 13.0. The molecular weight excluding hydrogens is 290 g/mol. The zero-order valence-corrected chi connectivity index (χ0v) is 16.4. The summed E-state index contributed by atoms with van der Waals surface area (Å²) in [4.78, 5) is 0. The number of rotatable bonds is 6. The Morgan fingerprint density at radius 3 is 2.29 bits per heavy atom. The minimum Gasteiger partial charge on any atom is -0.361 e. The van der Waals surface area contributed by atoms with Crippen molar-refractivity contribution in [3.8, 4) is 0 Å². The highest BCUT2D eigenvalue weighted by Gasteiger charge is 2.23. The van der Waals surface area contributed by atoms with Crippen molar-refractivity contribution in [3.63, 3.8) is 0 Å². The molecule has 0 saturated carbocycles. The molecule has 0 aliphatic carbocycles. The van der Waals surface area contributed by atoms with Crippen LogP contribution in [0.15, 0.2) is 30.3 Å². The van der Waals surface area contributed by atoms with E-state index in [0.29, 0.717) is 6.73 Å². The van der Waals surface area contributed by atoms with Crippen molar-refractivity contribution >= 4 is 32.4 Å². The third kappa shape index (κ3) is 4.31. The largest absolute Gasteiger partial charge is 0.361 e. The summed E-state index contributed by atoms with van der Waals surface area (Å²) in [6.07, 6.45) is 0. The number of benzene rings is 1. The number of hydrogen-bond acceptors (Lipinski definition) is 1. The SMILES string of the molecule is C[Si](C)(C)CCOCn1c([Si](C)(C)C)cc2ccccc21. The Labute approximate surface area is 131 Å². The summed E-state index contributed by atoms with van der Waals surface area (Å²) < 4.78 is 8.41. The van der Waals surface area contributed by atoms with Crippen molar-refractivity contribution in [2.75, 3.05) is 6.61 Å². The summed E-state index contributed by atoms with van der Waals surface area (Å²) in [5.74, 6) is 0. The average molecular weight is 320 g/mol. The molecule has 0 bridgehead atoms. The molecule has 2 aromatic rings. The van der Waals surface area contributed by atoms with Gasteiger partial charge in [-0.3, -0.25) is 0 Å². The predicted octanol–water partition coefficient (Wildman–Crippen LogP) is 4.50. The van der Waals surface area contributed by atoms with Crippen LogP contribution < -0.4 is 5.32 Å². The molecule has 4 heteroatoms. The number of aromatic nitrogens is 1. The molecule has 116 valence electrons. The Bertz CT molecular complexity index is 605. The van der Waals surface area contributed by atoms with E-state index in [1.165, 1.54) is 22.3 Å². The fourth-order valence-corrected chi connectivity index (χ4v) is 4.85. The summed E-state index contributed by atoms with van der Waals surface area (Å²) in [6, 6.07) is 12.2. The Hall–Kier alpha value is -0.846. The van der Waals surface area contributed by atoms with E-state index in [-0.39, 0.29) is 0 Å². The Kier molecular flexibility index (Phi) is 4.80. The number of nitrogens with zero attached hydrogens (tertiary/aromatic N) is 1. The molecule has 0 amide bonds. The third-order valence-electron chi connectivity index (χ3n) is 3.80. The maximum atomic E-state index is 6.02. The Balaban J connectivity index is 2.21. The standard InChI is InChI=1S/C17H29NOSi2/c1-20(2,3)12-11-19-14-18-16-10-8-7-9-15(16)13-17(18)21(4,5)6/h7-10,13H,11-12,14H2,1-6H3. The van der Waals surface area contributed by atoms with Crippen molar-refractivity contribution in [1.29, 1.82) is 0 Å². The van der Waals surface area contributed by atoms with Crippen molar-refractivity contribution in [2.24, 2.45) is 0 Å². The fraction of sp³-hybridized carbons (Fsp3) is 0.529. The van der Waals surface area contributed by atoms with Gasteiger partial charge in [-0.2, -0.15) is 0 Å². The van der Waals surface area contributed by atoms with Gasteiger partial charge in [0.05, 0.1) is 8.07 Å². The van der Waals surface area contributed by atoms with Crippen LogP contribution in [0, 0.1) is 0 Å². The number of fused-ring (bicyclic) bond motifs is 1. The molecule has 0 aliphatic rings. The van der Waals surface area contributed by atoms with Gasteiger partial charge < -0.3 is 9.30 Å². The molecule has 0 N–H and O–H groups in total. The quantitative estimate of drug-likeness (QED) is 0.565. The minimum atomic E-state index is -1.37. The zero-order valence-electron chi connectivity index (χ0n) is 14.4. The second-order valence-corrected chi connectivity index (χ2v) is 18.7. The predicted molar refractivity (Wildman–Crippen MR) is 99.0 cm³/mol. The van der Waals surface area contributed by atoms with Crippen LogP contribution in [0.3, 0.4) is 0 Å². The van der Waals surface area contributed by atoms with E-state index in [4.69, 9.17) is 4.74 Å². The van der Waals surface area contributed by atoms with Gasteiger partial charge in [0.2, 0.25) is 0 Å². The lowest BCUT2D eigenvalue weighted by molar-refractivity contribution is 0.0920. The fourth-order valence-electron chi connectivity index (χ4n) is 2.51. The molecule has 2 rings (SSSR count). The zero-order chi connectivity index (χ0) is 15.7. The minimum absolute atomic E-state index is 0.692. The Morgan fingerprint density at radius 1 is 1.00 bits per heavy atom. The molecule has 0 radical (unpaired) electrons. The molecule has 1 heterocycles. The third-order valence-corrected chi connectivity index (χ3v) is 7.45.